The molecule has 0 aromatic carbocycles. The molecule has 2 N–H and O–H groups in total. The molecular weight excluding hydrogens is 278 g/mol. The molecule has 0 amide bonds. The third-order valence-electron chi connectivity index (χ3n) is 2.58. The van der Waals surface area contributed by atoms with Crippen molar-refractivity contribution in [1.82, 2.24) is 20.2 Å². The third kappa shape index (κ3) is 2.34. The van der Waals surface area contributed by atoms with E-state index < -0.39 is 0 Å². The summed E-state index contributed by atoms with van der Waals surface area (Å²) in [6.07, 6.45) is 4.42. The van der Waals surface area contributed by atoms with Gasteiger partial charge in [-0.05, 0) is 18.6 Å². The van der Waals surface area contributed by atoms with Crippen LogP contribution in [0.4, 0.5) is 5.13 Å². The first-order valence-corrected chi connectivity index (χ1v) is 7.40. The zero-order chi connectivity index (χ0) is 13.2. The number of thiazole rings is 1. The molecule has 0 saturated heterocycles. The zero-order valence-electron chi connectivity index (χ0n) is 10.2. The number of pyridine rings is 1. The quantitative estimate of drug-likeness (QED) is 0.802. The second-order valence-corrected chi connectivity index (χ2v) is 5.84. The molecule has 96 valence electrons. The van der Waals surface area contributed by atoms with E-state index in [1.54, 1.807) is 17.5 Å². The van der Waals surface area contributed by atoms with Gasteiger partial charge in [-0.3, -0.25) is 4.98 Å². The average Bonchev–Trinajstić information content (AvgIpc) is 3.05. The first-order chi connectivity index (χ1) is 9.28. The SMILES string of the molecule is CCc1nc(-c2cccnc2)sc1-c1nnc(N)s1. The normalized spacial score (nSPS) is 10.8. The van der Waals surface area contributed by atoms with E-state index in [1.807, 2.05) is 18.3 Å². The van der Waals surface area contributed by atoms with Gasteiger partial charge < -0.3 is 5.73 Å². The van der Waals surface area contributed by atoms with Crippen molar-refractivity contribution in [2.45, 2.75) is 13.3 Å². The van der Waals surface area contributed by atoms with Crippen LogP contribution in [0.5, 0.6) is 0 Å². The summed E-state index contributed by atoms with van der Waals surface area (Å²) >= 11 is 2.99. The van der Waals surface area contributed by atoms with Gasteiger partial charge in [0.25, 0.3) is 0 Å². The van der Waals surface area contributed by atoms with E-state index in [1.165, 1.54) is 11.3 Å². The lowest BCUT2D eigenvalue weighted by molar-refractivity contribution is 1.05. The first kappa shape index (κ1) is 12.2. The predicted octanol–water partition coefficient (Wildman–Crippen LogP) is 2.87. The number of hydrogen-bond donors (Lipinski definition) is 1. The largest absolute Gasteiger partial charge is 0.374 e. The number of rotatable bonds is 3. The fourth-order valence-electron chi connectivity index (χ4n) is 1.70. The number of nitrogen functional groups attached to an aromatic ring is 1. The molecule has 0 bridgehead atoms. The number of anilines is 1. The van der Waals surface area contributed by atoms with E-state index in [0.29, 0.717) is 5.13 Å². The standard InChI is InChI=1S/C12H11N5S2/c1-2-8-9(11-16-17-12(13)19-11)18-10(15-8)7-4-3-5-14-6-7/h3-6H,2H2,1H3,(H2,13,17). The van der Waals surface area contributed by atoms with E-state index in [-0.39, 0.29) is 0 Å². The van der Waals surface area contributed by atoms with Crippen LogP contribution in [-0.4, -0.2) is 20.2 Å². The van der Waals surface area contributed by atoms with Gasteiger partial charge in [0.05, 0.1) is 10.6 Å². The van der Waals surface area contributed by atoms with Gasteiger partial charge in [0.2, 0.25) is 5.13 Å². The number of aromatic nitrogens is 4. The maximum Gasteiger partial charge on any atom is 0.203 e. The summed E-state index contributed by atoms with van der Waals surface area (Å²) in [5, 5.41) is 10.2. The molecule has 3 aromatic rings. The van der Waals surface area contributed by atoms with E-state index in [2.05, 4.69) is 27.1 Å². The van der Waals surface area contributed by atoms with Crippen molar-refractivity contribution in [1.29, 1.82) is 0 Å². The average molecular weight is 289 g/mol. The summed E-state index contributed by atoms with van der Waals surface area (Å²) in [6.45, 7) is 2.08. The van der Waals surface area contributed by atoms with Crippen LogP contribution in [0.1, 0.15) is 12.6 Å². The molecule has 0 aliphatic carbocycles. The number of nitrogens with two attached hydrogens (primary N) is 1. The minimum Gasteiger partial charge on any atom is -0.374 e. The zero-order valence-corrected chi connectivity index (χ0v) is 11.8. The monoisotopic (exact) mass is 289 g/mol. The topological polar surface area (TPSA) is 77.6 Å². The Bertz CT molecular complexity index is 689. The molecule has 0 aliphatic rings. The van der Waals surface area contributed by atoms with Crippen LogP contribution in [0.15, 0.2) is 24.5 Å². The highest BCUT2D eigenvalue weighted by Gasteiger charge is 2.16. The Morgan fingerprint density at radius 3 is 2.74 bits per heavy atom. The van der Waals surface area contributed by atoms with Crippen LogP contribution >= 0.6 is 22.7 Å². The van der Waals surface area contributed by atoms with Crippen molar-refractivity contribution in [3.05, 3.63) is 30.2 Å². The summed E-state index contributed by atoms with van der Waals surface area (Å²) < 4.78 is 0. The van der Waals surface area contributed by atoms with Gasteiger partial charge in [-0.1, -0.05) is 18.3 Å². The molecule has 3 aromatic heterocycles. The van der Waals surface area contributed by atoms with Gasteiger partial charge in [-0.15, -0.1) is 21.5 Å². The Balaban J connectivity index is 2.09. The van der Waals surface area contributed by atoms with Crippen molar-refractivity contribution in [3.63, 3.8) is 0 Å². The lowest BCUT2D eigenvalue weighted by Gasteiger charge is -1.92. The van der Waals surface area contributed by atoms with E-state index >= 15 is 0 Å². The molecule has 0 atom stereocenters. The molecular formula is C12H11N5S2. The Morgan fingerprint density at radius 1 is 1.21 bits per heavy atom. The molecule has 0 unspecified atom stereocenters. The molecule has 5 nitrogen and oxygen atoms in total. The van der Waals surface area contributed by atoms with Crippen molar-refractivity contribution in [2.75, 3.05) is 5.73 Å². The van der Waals surface area contributed by atoms with Crippen molar-refractivity contribution in [2.24, 2.45) is 0 Å². The van der Waals surface area contributed by atoms with Crippen LogP contribution < -0.4 is 5.73 Å². The molecule has 0 spiro atoms. The van der Waals surface area contributed by atoms with Crippen molar-refractivity contribution < 1.29 is 0 Å². The molecule has 0 saturated carbocycles. The highest BCUT2D eigenvalue weighted by atomic mass is 32.1. The Kier molecular flexibility index (Phi) is 3.22. The van der Waals surface area contributed by atoms with E-state index in [0.717, 1.165) is 32.6 Å². The number of nitrogens with zero attached hydrogens (tertiary/aromatic N) is 4. The second-order valence-electron chi connectivity index (χ2n) is 3.84. The van der Waals surface area contributed by atoms with Gasteiger partial charge >= 0.3 is 0 Å². The summed E-state index contributed by atoms with van der Waals surface area (Å²) in [6, 6.07) is 3.91. The Labute approximate surface area is 118 Å². The maximum absolute atomic E-state index is 5.64. The smallest absolute Gasteiger partial charge is 0.203 e. The number of hydrogen-bond acceptors (Lipinski definition) is 7. The van der Waals surface area contributed by atoms with Crippen LogP contribution in [0.25, 0.3) is 20.5 Å². The molecule has 3 heterocycles. The minimum atomic E-state index is 0.480. The first-order valence-electron chi connectivity index (χ1n) is 5.77. The lowest BCUT2D eigenvalue weighted by Crippen LogP contribution is -1.84. The Morgan fingerprint density at radius 2 is 2.11 bits per heavy atom. The Hall–Kier alpha value is -1.86. The van der Waals surface area contributed by atoms with Gasteiger partial charge in [0.1, 0.15) is 5.01 Å². The van der Waals surface area contributed by atoms with Gasteiger partial charge in [0.15, 0.2) is 5.01 Å². The summed E-state index contributed by atoms with van der Waals surface area (Å²) in [7, 11) is 0. The summed E-state index contributed by atoms with van der Waals surface area (Å²) in [5.74, 6) is 0. The minimum absolute atomic E-state index is 0.480. The van der Waals surface area contributed by atoms with Gasteiger partial charge in [0, 0.05) is 18.0 Å². The molecule has 19 heavy (non-hydrogen) atoms. The molecule has 3 rings (SSSR count). The molecule has 0 fully saturated rings. The van der Waals surface area contributed by atoms with Crippen LogP contribution in [0, 0.1) is 0 Å². The lowest BCUT2D eigenvalue weighted by atomic mass is 10.3. The second kappa shape index (κ2) is 5.02. The van der Waals surface area contributed by atoms with Crippen molar-refractivity contribution in [3.8, 4) is 20.5 Å². The van der Waals surface area contributed by atoms with Crippen LogP contribution in [0.3, 0.4) is 0 Å². The fourth-order valence-corrected chi connectivity index (χ4v) is 3.54. The molecule has 0 radical (unpaired) electrons. The number of aryl methyl sites for hydroxylation is 1. The van der Waals surface area contributed by atoms with Gasteiger partial charge in [-0.2, -0.15) is 0 Å². The summed E-state index contributed by atoms with van der Waals surface area (Å²) in [4.78, 5) is 9.84. The highest BCUT2D eigenvalue weighted by molar-refractivity contribution is 7.24. The fraction of sp³-hybridized carbons (Fsp3) is 0.167. The van der Waals surface area contributed by atoms with E-state index in [9.17, 15) is 0 Å². The third-order valence-corrected chi connectivity index (χ3v) is 4.63. The molecule has 0 aliphatic heterocycles. The molecule has 7 heteroatoms. The van der Waals surface area contributed by atoms with Crippen LogP contribution in [0.2, 0.25) is 0 Å². The highest BCUT2D eigenvalue weighted by Crippen LogP contribution is 2.37. The predicted molar refractivity (Wildman–Crippen MR) is 78.0 cm³/mol. The van der Waals surface area contributed by atoms with Gasteiger partial charge in [-0.25, -0.2) is 4.98 Å². The maximum atomic E-state index is 5.64. The van der Waals surface area contributed by atoms with E-state index in [4.69, 9.17) is 5.73 Å². The summed E-state index contributed by atoms with van der Waals surface area (Å²) in [5.41, 5.74) is 7.69. The van der Waals surface area contributed by atoms with Crippen molar-refractivity contribution >= 4 is 27.8 Å². The van der Waals surface area contributed by atoms with Crippen LogP contribution in [-0.2, 0) is 6.42 Å².